The normalized spacial score (nSPS) is 13.4. The number of benzene rings is 1. The summed E-state index contributed by atoms with van der Waals surface area (Å²) in [6.45, 7) is 0. The van der Waals surface area contributed by atoms with E-state index in [1.165, 1.54) is 16.3 Å². The molecule has 0 amide bonds. The first-order chi connectivity index (χ1) is 14.0. The van der Waals surface area contributed by atoms with Crippen LogP contribution in [0.5, 0.6) is 5.75 Å². The molecule has 2 heterocycles. The number of aromatic nitrogens is 4. The van der Waals surface area contributed by atoms with E-state index in [0.29, 0.717) is 10.9 Å². The second-order valence-corrected chi connectivity index (χ2v) is 7.56. The van der Waals surface area contributed by atoms with Gasteiger partial charge in [0.2, 0.25) is 0 Å². The van der Waals surface area contributed by atoms with E-state index in [4.69, 9.17) is 10.5 Å². The Morgan fingerprint density at radius 1 is 1.38 bits per heavy atom. The van der Waals surface area contributed by atoms with Gasteiger partial charge in [-0.05, 0) is 25.0 Å². The van der Waals surface area contributed by atoms with Crippen LogP contribution in [0.2, 0.25) is 0 Å². The predicted octanol–water partition coefficient (Wildman–Crippen LogP) is 1.62. The highest BCUT2D eigenvalue weighted by Gasteiger charge is 2.30. The number of ketones is 1. The van der Waals surface area contributed by atoms with E-state index < -0.39 is 17.0 Å². The van der Waals surface area contributed by atoms with Crippen LogP contribution in [0.15, 0.2) is 51.4 Å². The van der Waals surface area contributed by atoms with Gasteiger partial charge in [-0.1, -0.05) is 17.8 Å². The van der Waals surface area contributed by atoms with E-state index in [0.717, 1.165) is 18.5 Å². The van der Waals surface area contributed by atoms with Crippen molar-refractivity contribution in [3.05, 3.63) is 63.1 Å². The van der Waals surface area contributed by atoms with Crippen molar-refractivity contribution in [1.82, 2.24) is 19.1 Å². The first-order valence-corrected chi connectivity index (χ1v) is 9.96. The SMILES string of the molecule is COc1cccc(-n2ccnc2SCC(=O)c2c(N)n(C3CC3)c(=O)[nH]c2=O)c1. The second-order valence-electron chi connectivity index (χ2n) is 6.61. The summed E-state index contributed by atoms with van der Waals surface area (Å²) in [7, 11) is 1.59. The molecule has 0 radical (unpaired) electrons. The highest BCUT2D eigenvalue weighted by atomic mass is 32.2. The molecule has 1 aliphatic carbocycles. The average Bonchev–Trinajstić information content (AvgIpc) is 3.41. The zero-order valence-electron chi connectivity index (χ0n) is 15.6. The Hall–Kier alpha value is -3.27. The summed E-state index contributed by atoms with van der Waals surface area (Å²) in [5, 5.41) is 0.581. The van der Waals surface area contributed by atoms with Gasteiger partial charge in [0.25, 0.3) is 5.56 Å². The topological polar surface area (TPSA) is 125 Å². The zero-order chi connectivity index (χ0) is 20.5. The number of carbonyl (C=O) groups excluding carboxylic acids is 1. The van der Waals surface area contributed by atoms with Crippen molar-refractivity contribution in [3.63, 3.8) is 0 Å². The molecule has 3 aromatic rings. The van der Waals surface area contributed by atoms with Crippen LogP contribution in [0.4, 0.5) is 5.82 Å². The van der Waals surface area contributed by atoms with Crippen molar-refractivity contribution in [1.29, 1.82) is 0 Å². The largest absolute Gasteiger partial charge is 0.497 e. The lowest BCUT2D eigenvalue weighted by atomic mass is 10.2. The van der Waals surface area contributed by atoms with Crippen molar-refractivity contribution in [2.75, 3.05) is 18.6 Å². The number of aromatic amines is 1. The highest BCUT2D eigenvalue weighted by molar-refractivity contribution is 7.99. The Labute approximate surface area is 169 Å². The fourth-order valence-corrected chi connectivity index (χ4v) is 3.93. The van der Waals surface area contributed by atoms with Crippen LogP contribution in [-0.2, 0) is 0 Å². The van der Waals surface area contributed by atoms with Gasteiger partial charge in [-0.2, -0.15) is 0 Å². The molecule has 0 aliphatic heterocycles. The van der Waals surface area contributed by atoms with Crippen LogP contribution in [0, 0.1) is 0 Å². The summed E-state index contributed by atoms with van der Waals surface area (Å²) in [5.41, 5.74) is 5.33. The number of nitrogens with two attached hydrogens (primary N) is 1. The van der Waals surface area contributed by atoms with E-state index in [1.807, 2.05) is 28.8 Å². The summed E-state index contributed by atoms with van der Waals surface area (Å²) >= 11 is 1.18. The number of nitrogens with zero attached hydrogens (tertiary/aromatic N) is 3. The van der Waals surface area contributed by atoms with Crippen molar-refractivity contribution < 1.29 is 9.53 Å². The number of methoxy groups -OCH3 is 1. The maximum absolute atomic E-state index is 12.7. The quantitative estimate of drug-likeness (QED) is 0.445. The molecule has 4 rings (SSSR count). The van der Waals surface area contributed by atoms with Crippen molar-refractivity contribution >= 4 is 23.4 Å². The molecule has 3 N–H and O–H groups in total. The molecular formula is C19H19N5O4S. The molecule has 0 saturated heterocycles. The van der Waals surface area contributed by atoms with Gasteiger partial charge in [-0.15, -0.1) is 0 Å². The highest BCUT2D eigenvalue weighted by Crippen LogP contribution is 2.35. The monoisotopic (exact) mass is 413 g/mol. The van der Waals surface area contributed by atoms with Crippen molar-refractivity contribution in [3.8, 4) is 11.4 Å². The minimum absolute atomic E-state index is 0.0445. The molecule has 1 aromatic carbocycles. The fourth-order valence-electron chi connectivity index (χ4n) is 3.09. The number of imidazole rings is 1. The molecule has 150 valence electrons. The molecule has 1 saturated carbocycles. The number of Topliss-reactive ketones (excluding diaryl/α,β-unsaturated/α-hetero) is 1. The summed E-state index contributed by atoms with van der Waals surface area (Å²) in [6, 6.07) is 7.38. The Bertz CT molecular complexity index is 1190. The maximum atomic E-state index is 12.7. The van der Waals surface area contributed by atoms with E-state index >= 15 is 0 Å². The molecule has 0 bridgehead atoms. The van der Waals surface area contributed by atoms with E-state index in [1.54, 1.807) is 19.5 Å². The van der Waals surface area contributed by atoms with Gasteiger partial charge >= 0.3 is 5.69 Å². The smallest absolute Gasteiger partial charge is 0.330 e. The third-order valence-electron chi connectivity index (χ3n) is 4.64. The molecule has 9 nitrogen and oxygen atoms in total. The summed E-state index contributed by atoms with van der Waals surface area (Å²) in [4.78, 5) is 43.4. The van der Waals surface area contributed by atoms with Gasteiger partial charge in [0.15, 0.2) is 10.9 Å². The van der Waals surface area contributed by atoms with E-state index in [-0.39, 0.29) is 23.2 Å². The Balaban J connectivity index is 1.58. The predicted molar refractivity (Wildman–Crippen MR) is 109 cm³/mol. The molecule has 0 unspecified atom stereocenters. The van der Waals surface area contributed by atoms with Gasteiger partial charge in [-0.25, -0.2) is 9.78 Å². The summed E-state index contributed by atoms with van der Waals surface area (Å²) in [5.74, 6) is 0.133. The summed E-state index contributed by atoms with van der Waals surface area (Å²) < 4.78 is 8.37. The van der Waals surface area contributed by atoms with Crippen LogP contribution in [0.3, 0.4) is 0 Å². The van der Waals surface area contributed by atoms with Crippen molar-refractivity contribution in [2.45, 2.75) is 24.0 Å². The molecule has 1 fully saturated rings. The lowest BCUT2D eigenvalue weighted by Crippen LogP contribution is -2.36. The second kappa shape index (κ2) is 7.63. The minimum Gasteiger partial charge on any atom is -0.497 e. The van der Waals surface area contributed by atoms with Gasteiger partial charge in [-0.3, -0.25) is 23.7 Å². The molecule has 29 heavy (non-hydrogen) atoms. The van der Waals surface area contributed by atoms with Crippen LogP contribution < -0.4 is 21.7 Å². The van der Waals surface area contributed by atoms with Gasteiger partial charge in [0, 0.05) is 24.5 Å². The Morgan fingerprint density at radius 3 is 2.90 bits per heavy atom. The zero-order valence-corrected chi connectivity index (χ0v) is 16.4. The number of anilines is 1. The van der Waals surface area contributed by atoms with Gasteiger partial charge < -0.3 is 10.5 Å². The lowest BCUT2D eigenvalue weighted by molar-refractivity contribution is 0.102. The first-order valence-electron chi connectivity index (χ1n) is 8.97. The number of rotatable bonds is 7. The van der Waals surface area contributed by atoms with E-state index in [2.05, 4.69) is 9.97 Å². The standard InChI is InChI=1S/C19H19N5O4S/c1-28-13-4-2-3-12(9-13)23-8-7-21-19(23)29-10-14(25)15-16(20)24(11-5-6-11)18(27)22-17(15)26/h2-4,7-9,11H,5-6,10,20H2,1H3,(H,22,26,27). The van der Waals surface area contributed by atoms with Gasteiger partial charge in [0.1, 0.15) is 17.1 Å². The number of carbonyl (C=O) groups is 1. The molecule has 1 aliphatic rings. The number of hydrogen-bond acceptors (Lipinski definition) is 7. The third kappa shape index (κ3) is 3.70. The maximum Gasteiger partial charge on any atom is 0.330 e. The molecule has 10 heteroatoms. The van der Waals surface area contributed by atoms with E-state index in [9.17, 15) is 14.4 Å². The number of nitrogens with one attached hydrogen (secondary N) is 1. The minimum atomic E-state index is -0.758. The van der Waals surface area contributed by atoms with Crippen LogP contribution in [0.25, 0.3) is 5.69 Å². The first kappa shape index (κ1) is 19.1. The lowest BCUT2D eigenvalue weighted by Gasteiger charge is -2.11. The van der Waals surface area contributed by atoms with Crippen LogP contribution >= 0.6 is 11.8 Å². The Morgan fingerprint density at radius 2 is 2.17 bits per heavy atom. The number of ether oxygens (including phenoxy) is 1. The number of hydrogen-bond donors (Lipinski definition) is 2. The fraction of sp³-hybridized carbons (Fsp3) is 0.263. The summed E-state index contributed by atoms with van der Waals surface area (Å²) in [6.07, 6.45) is 5.00. The van der Waals surface area contributed by atoms with Crippen LogP contribution in [0.1, 0.15) is 29.2 Å². The molecule has 0 atom stereocenters. The number of thioether (sulfide) groups is 1. The average molecular weight is 413 g/mol. The molecular weight excluding hydrogens is 394 g/mol. The number of H-pyrrole nitrogens is 1. The third-order valence-corrected chi connectivity index (χ3v) is 5.61. The van der Waals surface area contributed by atoms with Gasteiger partial charge in [0.05, 0.1) is 18.6 Å². The molecule has 0 spiro atoms. The number of nitrogen functional groups attached to an aromatic ring is 1. The molecule has 2 aromatic heterocycles. The van der Waals surface area contributed by atoms with Crippen LogP contribution in [-0.4, -0.2) is 37.7 Å². The Kier molecular flexibility index (Phi) is 5.01. The van der Waals surface area contributed by atoms with Crippen molar-refractivity contribution in [2.24, 2.45) is 0 Å².